The van der Waals surface area contributed by atoms with Crippen LogP contribution in [0, 0.1) is 23.5 Å². The van der Waals surface area contributed by atoms with Crippen LogP contribution in [0.15, 0.2) is 41.3 Å². The molecule has 2 N–H and O–H groups in total. The van der Waals surface area contributed by atoms with Crippen LogP contribution in [0.4, 0.5) is 27.8 Å². The van der Waals surface area contributed by atoms with Crippen molar-refractivity contribution in [1.82, 2.24) is 20.2 Å². The van der Waals surface area contributed by atoms with E-state index in [1.54, 1.807) is 0 Å². The number of alkyl halides is 3. The number of anilines is 1. The summed E-state index contributed by atoms with van der Waals surface area (Å²) >= 11 is 0. The van der Waals surface area contributed by atoms with Gasteiger partial charge in [-0.2, -0.15) is 13.2 Å². The summed E-state index contributed by atoms with van der Waals surface area (Å²) in [5, 5.41) is 4.47. The minimum atomic E-state index is -4.75. The largest absolute Gasteiger partial charge is 0.408 e. The molecule has 2 fully saturated rings. The first-order valence-electron chi connectivity index (χ1n) is 11.9. The zero-order valence-electron chi connectivity index (χ0n) is 20.0. The molecule has 2 aliphatic heterocycles. The Bertz CT molecular complexity index is 1510. The van der Waals surface area contributed by atoms with Crippen molar-refractivity contribution in [3.63, 3.8) is 0 Å². The number of nitrogens with one attached hydrogen (secondary N) is 2. The molecule has 0 bridgehead atoms. The highest BCUT2D eigenvalue weighted by atomic mass is 19.4. The van der Waals surface area contributed by atoms with Crippen molar-refractivity contribution in [1.29, 1.82) is 0 Å². The first-order valence-corrected chi connectivity index (χ1v) is 11.9. The molecule has 13 heteroatoms. The van der Waals surface area contributed by atoms with Crippen LogP contribution in [-0.2, 0) is 4.79 Å². The zero-order chi connectivity index (χ0) is 27.4. The van der Waals surface area contributed by atoms with E-state index in [2.05, 4.69) is 10.3 Å². The first kappa shape index (κ1) is 25.6. The van der Waals surface area contributed by atoms with E-state index in [0.717, 1.165) is 22.9 Å². The Hall–Kier alpha value is -4.03. The van der Waals surface area contributed by atoms with E-state index >= 15 is 0 Å². The number of rotatable bonds is 5. The molecule has 200 valence electrons. The van der Waals surface area contributed by atoms with Crippen molar-refractivity contribution >= 4 is 28.7 Å². The Kier molecular flexibility index (Phi) is 6.32. The molecule has 1 aromatic carbocycles. The van der Waals surface area contributed by atoms with E-state index in [1.165, 1.54) is 19.1 Å². The summed E-state index contributed by atoms with van der Waals surface area (Å²) in [5.74, 6) is -3.04. The van der Waals surface area contributed by atoms with Gasteiger partial charge in [0.05, 0.1) is 17.0 Å². The van der Waals surface area contributed by atoms with Crippen molar-refractivity contribution in [2.75, 3.05) is 24.5 Å². The molecule has 3 aromatic rings. The van der Waals surface area contributed by atoms with Gasteiger partial charge in [0.2, 0.25) is 11.3 Å². The average molecular weight is 535 g/mol. The molecule has 2 aliphatic rings. The Morgan fingerprint density at radius 1 is 1.18 bits per heavy atom. The molecule has 2 aromatic heterocycles. The van der Waals surface area contributed by atoms with Crippen LogP contribution in [0.1, 0.15) is 23.7 Å². The van der Waals surface area contributed by atoms with Gasteiger partial charge in [0.25, 0.3) is 5.91 Å². The number of hydrogen-bond acceptors (Lipinski definition) is 5. The van der Waals surface area contributed by atoms with Gasteiger partial charge in [-0.15, -0.1) is 0 Å². The standard InChI is InChI=1S/C25H22F5N5O3/c1-2-19(25(28,29)30)32-24(38)16-11-35(18-5-3-13(26)7-17(18)27)22-14(21(16)36)4-6-20(33-22)34-9-12-8-31-23(37)15(12)10-34/h3-7,11-12,15,19H,2,8-10H2,1H3,(H,31,37)(H,32,38)/t12?,15?,19-/m1/s1. The van der Waals surface area contributed by atoms with Crippen LogP contribution in [0.5, 0.6) is 0 Å². The molecule has 0 saturated carbocycles. The fourth-order valence-corrected chi connectivity index (χ4v) is 4.97. The van der Waals surface area contributed by atoms with Gasteiger partial charge >= 0.3 is 6.18 Å². The summed E-state index contributed by atoms with van der Waals surface area (Å²) in [5.41, 5.74) is -1.91. The Balaban J connectivity index is 1.64. The van der Waals surface area contributed by atoms with Crippen LogP contribution in [0.3, 0.4) is 0 Å². The Labute approximate surface area is 212 Å². The number of fused-ring (bicyclic) bond motifs is 2. The Morgan fingerprint density at radius 3 is 2.61 bits per heavy atom. The first-order chi connectivity index (χ1) is 18.0. The number of aromatic nitrogens is 2. The van der Waals surface area contributed by atoms with Gasteiger partial charge in [0.1, 0.15) is 29.1 Å². The second-order valence-electron chi connectivity index (χ2n) is 9.37. The minimum absolute atomic E-state index is 0.0662. The molecule has 38 heavy (non-hydrogen) atoms. The van der Waals surface area contributed by atoms with E-state index in [0.29, 0.717) is 31.5 Å². The lowest BCUT2D eigenvalue weighted by Crippen LogP contribution is -2.46. The lowest BCUT2D eigenvalue weighted by molar-refractivity contribution is -0.153. The predicted molar refractivity (Wildman–Crippen MR) is 127 cm³/mol. The molecule has 0 aliphatic carbocycles. The molecule has 8 nitrogen and oxygen atoms in total. The monoisotopic (exact) mass is 535 g/mol. The third kappa shape index (κ3) is 4.45. The molecule has 2 amide bonds. The van der Waals surface area contributed by atoms with Gasteiger partial charge in [0.15, 0.2) is 5.65 Å². The van der Waals surface area contributed by atoms with Gasteiger partial charge < -0.3 is 15.5 Å². The predicted octanol–water partition coefficient (Wildman–Crippen LogP) is 2.92. The summed E-state index contributed by atoms with van der Waals surface area (Å²) in [6.45, 7) is 2.63. The molecular weight excluding hydrogens is 513 g/mol. The number of nitrogens with zero attached hydrogens (tertiary/aromatic N) is 3. The van der Waals surface area contributed by atoms with E-state index in [1.807, 2.05) is 10.2 Å². The third-order valence-corrected chi connectivity index (χ3v) is 7.00. The topological polar surface area (TPSA) is 96.3 Å². The maximum Gasteiger partial charge on any atom is 0.408 e. The number of carbonyl (C=O) groups excluding carboxylic acids is 2. The normalized spacial score (nSPS) is 19.9. The summed E-state index contributed by atoms with van der Waals surface area (Å²) in [4.78, 5) is 44.5. The summed E-state index contributed by atoms with van der Waals surface area (Å²) in [6.07, 6.45) is -4.31. The van der Waals surface area contributed by atoms with Crippen molar-refractivity contribution in [3.05, 3.63) is 63.9 Å². The lowest BCUT2D eigenvalue weighted by Gasteiger charge is -2.21. The SMILES string of the molecule is CC[C@@H](NC(=O)c1cn(-c2ccc(F)cc2F)c2nc(N3CC4CNC(=O)C4C3)ccc2c1=O)C(F)(F)F. The molecular formula is C25H22F5N5O3. The van der Waals surface area contributed by atoms with E-state index in [4.69, 9.17) is 0 Å². The maximum absolute atomic E-state index is 14.8. The molecule has 3 atom stereocenters. The fourth-order valence-electron chi connectivity index (χ4n) is 4.97. The number of carbonyl (C=O) groups is 2. The molecule has 0 radical (unpaired) electrons. The number of hydrogen-bond donors (Lipinski definition) is 2. The molecule has 0 spiro atoms. The molecule has 4 heterocycles. The van der Waals surface area contributed by atoms with Crippen LogP contribution >= 0.6 is 0 Å². The van der Waals surface area contributed by atoms with Crippen LogP contribution in [-0.4, -0.2) is 53.2 Å². The molecule has 2 unspecified atom stereocenters. The van der Waals surface area contributed by atoms with Crippen molar-refractivity contribution in [2.45, 2.75) is 25.6 Å². The third-order valence-electron chi connectivity index (χ3n) is 7.00. The van der Waals surface area contributed by atoms with E-state index in [-0.39, 0.29) is 34.5 Å². The molecule has 2 saturated heterocycles. The van der Waals surface area contributed by atoms with E-state index in [9.17, 15) is 36.3 Å². The van der Waals surface area contributed by atoms with E-state index < -0.39 is 47.2 Å². The number of pyridine rings is 2. The van der Waals surface area contributed by atoms with Crippen LogP contribution < -0.4 is 21.0 Å². The van der Waals surface area contributed by atoms with Crippen molar-refractivity contribution in [2.24, 2.45) is 11.8 Å². The zero-order valence-corrected chi connectivity index (χ0v) is 20.0. The fraction of sp³-hybridized carbons (Fsp3) is 0.360. The number of benzene rings is 1. The van der Waals surface area contributed by atoms with Gasteiger partial charge in [-0.05, 0) is 30.7 Å². The highest BCUT2D eigenvalue weighted by Crippen LogP contribution is 2.31. The second-order valence-corrected chi connectivity index (χ2v) is 9.37. The van der Waals surface area contributed by atoms with Crippen molar-refractivity contribution < 1.29 is 31.5 Å². The number of amides is 2. The number of halogens is 5. The van der Waals surface area contributed by atoms with Crippen LogP contribution in [0.25, 0.3) is 16.7 Å². The quantitative estimate of drug-likeness (QED) is 0.490. The minimum Gasteiger partial charge on any atom is -0.355 e. The maximum atomic E-state index is 14.8. The van der Waals surface area contributed by atoms with Crippen molar-refractivity contribution in [3.8, 4) is 5.69 Å². The molecule has 5 rings (SSSR count). The summed E-state index contributed by atoms with van der Waals surface area (Å²) in [6, 6.07) is 3.28. The highest BCUT2D eigenvalue weighted by Gasteiger charge is 2.43. The lowest BCUT2D eigenvalue weighted by atomic mass is 10.0. The smallest absolute Gasteiger partial charge is 0.355 e. The average Bonchev–Trinajstić information content (AvgIpc) is 3.44. The van der Waals surface area contributed by atoms with Gasteiger partial charge in [-0.1, -0.05) is 6.92 Å². The summed E-state index contributed by atoms with van der Waals surface area (Å²) in [7, 11) is 0. The highest BCUT2D eigenvalue weighted by molar-refractivity contribution is 5.97. The van der Waals surface area contributed by atoms with Crippen LogP contribution in [0.2, 0.25) is 0 Å². The van der Waals surface area contributed by atoms with Gasteiger partial charge in [0, 0.05) is 37.8 Å². The summed E-state index contributed by atoms with van der Waals surface area (Å²) < 4.78 is 69.3. The van der Waals surface area contributed by atoms with Gasteiger partial charge in [-0.25, -0.2) is 13.8 Å². The Morgan fingerprint density at radius 2 is 1.95 bits per heavy atom. The van der Waals surface area contributed by atoms with Gasteiger partial charge in [-0.3, -0.25) is 19.0 Å². The second kappa shape index (κ2) is 9.37.